The zero-order valence-corrected chi connectivity index (χ0v) is 74.2. The van der Waals surface area contributed by atoms with E-state index in [2.05, 4.69) is 41.4 Å². The second kappa shape index (κ2) is 49.1. The number of hydrogen-bond donors (Lipinski definition) is 32. The highest BCUT2D eigenvalue weighted by Gasteiger charge is 2.63. The number of nitrogens with one attached hydrogen (secondary N) is 7. The molecule has 784 valence electrons. The second-order valence-electron chi connectivity index (χ2n) is 33.7. The summed E-state index contributed by atoms with van der Waals surface area (Å²) in [5.41, 5.74) is 0. The van der Waals surface area contributed by atoms with Crippen LogP contribution in [0.5, 0.6) is 0 Å². The maximum atomic E-state index is 13.5. The molecule has 0 aromatic rings. The standard InChI is InChI=1S/C74H123N7O54S/c1-18(91)75-35-48(104)56(29(12-86)117-65(35)112)127-68-38(78-21(4)94)51(107)59(32(15-89)122-68)130-72-55(111)62(132-74-64(54(110)45(101)28(11-85)121-74)134-71-40(80-23(6)96)50(106)58(31(14-88)124-71)129-69-41(81-24(7)97)52(108)60(33(16-90)125-69)135-136(113,114)115)61(131-67-37(77-20(3)93)47(103)43(99)26(9-83)119-67)34(126-72)17-116-73-63(53(109)44(100)27(10-84)120-73)133-70-39(79-22(5)95)49(105)57(30(13-87)123-70)128-66-36(76-19(2)92)46(102)42(98)25(8-82)118-66/h25-74,82-90,98-112H,8-17H2,1-7H3,(H,75,91)(H,76,92)(H,77,93)(H,78,94)(H,79,95)(H,80,96)(H,81,97)(H,113,114,115)/t25-,26-,27-,28-,29-,30-,31-,32-,33-,34-,35-,36-,37-,38-,39-,40-,41-,42+,43-,44-,45-,46-,47-,48-,49-,50-,51-,52-,53+,54+,55+,56-,57-,58-,59-,60+,61-,62-,63+,64+,65?,66+,67+,68+,69+,70+,71+,72+,73+,74-/m1/s1. The molecule has 0 saturated carbocycles. The predicted octanol–water partition coefficient (Wildman–Crippen LogP) is -22.0. The Morgan fingerprint density at radius 3 is 0.765 bits per heavy atom. The molecule has 0 spiro atoms. The zero-order chi connectivity index (χ0) is 101. The van der Waals surface area contributed by atoms with Gasteiger partial charge in [-0.15, -0.1) is 0 Å². The van der Waals surface area contributed by atoms with Gasteiger partial charge in [0.1, 0.15) is 244 Å². The molecule has 32 N–H and O–H groups in total. The van der Waals surface area contributed by atoms with Crippen molar-refractivity contribution in [1.82, 2.24) is 37.2 Å². The first kappa shape index (κ1) is 112. The number of ether oxygens (including phenoxy) is 19. The van der Waals surface area contributed by atoms with Gasteiger partial charge in [0.2, 0.25) is 41.4 Å². The van der Waals surface area contributed by atoms with Crippen molar-refractivity contribution in [1.29, 1.82) is 0 Å². The fraction of sp³-hybridized carbons (Fsp3) is 0.905. The number of carbonyl (C=O) groups is 7. The van der Waals surface area contributed by atoms with E-state index in [1.165, 1.54) is 0 Å². The van der Waals surface area contributed by atoms with Crippen molar-refractivity contribution in [3.05, 3.63) is 0 Å². The van der Waals surface area contributed by atoms with Crippen molar-refractivity contribution in [2.24, 2.45) is 0 Å². The van der Waals surface area contributed by atoms with Crippen molar-refractivity contribution in [3.8, 4) is 0 Å². The normalized spacial score (nSPS) is 45.8. The molecule has 10 saturated heterocycles. The van der Waals surface area contributed by atoms with Crippen molar-refractivity contribution in [2.75, 3.05) is 66.1 Å². The van der Waals surface area contributed by atoms with Crippen molar-refractivity contribution in [3.63, 3.8) is 0 Å². The quantitative estimate of drug-likeness (QED) is 0.0257. The lowest BCUT2D eigenvalue weighted by atomic mass is 9.93. The van der Waals surface area contributed by atoms with Crippen LogP contribution < -0.4 is 37.2 Å². The van der Waals surface area contributed by atoms with Crippen LogP contribution >= 0.6 is 0 Å². The third-order valence-corrected chi connectivity index (χ3v) is 24.4. The number of carbonyl (C=O) groups excluding carboxylic acids is 7. The van der Waals surface area contributed by atoms with Crippen LogP contribution in [0, 0.1) is 0 Å². The van der Waals surface area contributed by atoms with E-state index >= 15 is 0 Å². The van der Waals surface area contributed by atoms with Gasteiger partial charge >= 0.3 is 10.4 Å². The molecule has 61 nitrogen and oxygen atoms in total. The summed E-state index contributed by atoms with van der Waals surface area (Å²) < 4.78 is 155. The number of amides is 7. The van der Waals surface area contributed by atoms with Crippen LogP contribution in [0.15, 0.2) is 0 Å². The molecule has 0 aromatic heterocycles. The molecule has 10 heterocycles. The molecule has 50 atom stereocenters. The lowest BCUT2D eigenvalue weighted by Gasteiger charge is -2.52. The summed E-state index contributed by atoms with van der Waals surface area (Å²) in [6, 6.07) is -13.8. The van der Waals surface area contributed by atoms with E-state index < -0.39 is 424 Å². The Labute approximate surface area is 770 Å². The summed E-state index contributed by atoms with van der Waals surface area (Å²) >= 11 is 0. The zero-order valence-electron chi connectivity index (χ0n) is 73.4. The monoisotopic (exact) mass is 2010 g/mol. The van der Waals surface area contributed by atoms with Crippen molar-refractivity contribution in [2.45, 2.75) is 355 Å². The fourth-order valence-electron chi connectivity index (χ4n) is 17.4. The molecular weight excluding hydrogens is 1880 g/mol. The topological polar surface area (TPSA) is 928 Å². The van der Waals surface area contributed by atoms with Crippen LogP contribution in [0.25, 0.3) is 0 Å². The maximum absolute atomic E-state index is 13.5. The summed E-state index contributed by atoms with van der Waals surface area (Å²) in [7, 11) is -5.49. The van der Waals surface area contributed by atoms with Crippen LogP contribution in [-0.4, -0.2) is 550 Å². The average Bonchev–Trinajstić information content (AvgIpc) is 0.752. The van der Waals surface area contributed by atoms with E-state index in [-0.39, 0.29) is 0 Å². The Morgan fingerprint density at radius 2 is 0.449 bits per heavy atom. The Bertz CT molecular complexity index is 3990. The number of rotatable bonds is 37. The fourth-order valence-corrected chi connectivity index (χ4v) is 17.9. The SMILES string of the molecule is CC(=O)N[C@H]1[C@H](O[C@H]2[C@H](O)[C@@H](NC(C)=O)[C@H](O[C@@H]3[C@@H](O[C@@H]4[C@H](O)[C@H](O[C@H]5[C@H](O)[C@@H](NC(C)=O)[C@H](O[C@H]6[C@H](O)[C@@H](NC(C)=O)C(O)O[C@@H]6CO)O[C@@H]5CO)O[C@H](CO[C@H]5O[C@H](CO)[C@@H](O)[C@H](O)[C@@H]5O[C@@H]5O[C@H](CO)[C@@H](O[C@@H]6O[C@H](CO)[C@H](O)[C@H](O)[C@H]6NC(C)=O)[C@H](O)[C@H]5NC(C)=O)[C@H]4O[C@@H]4O[C@H](CO)[C@@H](O)[C@H](O)[C@H]4NC(C)=O)O[C@H](CO)[C@@H](O)[C@@H]3O)O[C@@H]2CO)O[C@H](CO)[C@H](OS(=O)(=O)O)[C@@H]1O. The van der Waals surface area contributed by atoms with Gasteiger partial charge in [0.05, 0.1) is 66.1 Å². The van der Waals surface area contributed by atoms with Gasteiger partial charge in [0.15, 0.2) is 62.9 Å². The molecule has 0 aromatic carbocycles. The average molecular weight is 2010 g/mol. The van der Waals surface area contributed by atoms with Gasteiger partial charge in [0, 0.05) is 48.5 Å². The summed E-state index contributed by atoms with van der Waals surface area (Å²) in [5.74, 6) is -6.83. The van der Waals surface area contributed by atoms with E-state index in [1.54, 1.807) is 0 Å². The summed E-state index contributed by atoms with van der Waals surface area (Å²) in [6.07, 6.45) is -96.2. The van der Waals surface area contributed by atoms with Crippen molar-refractivity contribution < 1.29 is 263 Å². The highest BCUT2D eigenvalue weighted by atomic mass is 32.3. The molecule has 1 unspecified atom stereocenters. The Kier molecular flexibility index (Phi) is 40.6. The predicted molar refractivity (Wildman–Crippen MR) is 421 cm³/mol. The largest absolute Gasteiger partial charge is 0.397 e. The lowest BCUT2D eigenvalue weighted by Crippen LogP contribution is -2.72. The molecule has 0 bridgehead atoms. The molecule has 10 aliphatic rings. The minimum Gasteiger partial charge on any atom is -0.394 e. The molecule has 10 rings (SSSR count). The van der Waals surface area contributed by atoms with Gasteiger partial charge in [-0.05, 0) is 0 Å². The number of aliphatic hydroxyl groups excluding tert-OH is 24. The van der Waals surface area contributed by atoms with Gasteiger partial charge in [-0.25, -0.2) is 4.18 Å². The second-order valence-corrected chi connectivity index (χ2v) is 34.7. The third-order valence-electron chi connectivity index (χ3n) is 23.9. The first-order valence-corrected chi connectivity index (χ1v) is 44.1. The molecule has 136 heavy (non-hydrogen) atoms. The summed E-state index contributed by atoms with van der Waals surface area (Å²) in [4.78, 5) is 90.6. The summed E-state index contributed by atoms with van der Waals surface area (Å²) in [5, 5.41) is 291. The first-order valence-electron chi connectivity index (χ1n) is 42.8. The van der Waals surface area contributed by atoms with Gasteiger partial charge in [-0.3, -0.25) is 38.1 Å². The lowest BCUT2D eigenvalue weighted by molar-refractivity contribution is -0.408. The van der Waals surface area contributed by atoms with Crippen LogP contribution in [0.4, 0.5) is 0 Å². The molecule has 62 heteroatoms. The maximum Gasteiger partial charge on any atom is 0.397 e. The van der Waals surface area contributed by atoms with Crippen LogP contribution in [0.1, 0.15) is 48.5 Å². The highest BCUT2D eigenvalue weighted by molar-refractivity contribution is 7.80. The first-order chi connectivity index (χ1) is 64.1. The Morgan fingerprint density at radius 1 is 0.228 bits per heavy atom. The molecule has 0 radical (unpaired) electrons. The van der Waals surface area contributed by atoms with Gasteiger partial charge in [0.25, 0.3) is 0 Å². The van der Waals surface area contributed by atoms with Crippen LogP contribution in [0.3, 0.4) is 0 Å². The number of aliphatic hydroxyl groups is 24. The smallest absolute Gasteiger partial charge is 0.394 e. The minimum absolute atomic E-state index is 0.841. The summed E-state index contributed by atoms with van der Waals surface area (Å²) in [6.45, 7) is -5.93. The minimum atomic E-state index is -5.49. The molecule has 10 fully saturated rings. The van der Waals surface area contributed by atoms with Gasteiger partial charge < -0.3 is 250 Å². The van der Waals surface area contributed by atoms with E-state index in [4.69, 9.17) is 90.0 Å². The van der Waals surface area contributed by atoms with Gasteiger partial charge in [-0.1, -0.05) is 0 Å². The molecule has 0 aliphatic carbocycles. The molecule has 10 aliphatic heterocycles. The van der Waals surface area contributed by atoms with E-state index in [0.717, 1.165) is 48.5 Å². The third kappa shape index (κ3) is 26.1. The van der Waals surface area contributed by atoms with Crippen LogP contribution in [-0.2, 0) is 138 Å². The van der Waals surface area contributed by atoms with Gasteiger partial charge in [-0.2, -0.15) is 8.42 Å². The Balaban J connectivity index is 1.09. The molecule has 7 amide bonds. The van der Waals surface area contributed by atoms with Crippen molar-refractivity contribution >= 4 is 51.7 Å². The van der Waals surface area contributed by atoms with Crippen LogP contribution in [0.2, 0.25) is 0 Å². The Hall–Kier alpha value is -5.56. The van der Waals surface area contributed by atoms with E-state index in [9.17, 15) is 169 Å². The highest BCUT2D eigenvalue weighted by Crippen LogP contribution is 2.42. The molecular formula is C74H123N7O54S. The van der Waals surface area contributed by atoms with E-state index in [0.29, 0.717) is 0 Å². The number of hydrogen-bond acceptors (Lipinski definition) is 53. The van der Waals surface area contributed by atoms with E-state index in [1.807, 2.05) is 0 Å².